The van der Waals surface area contributed by atoms with Gasteiger partial charge in [-0.2, -0.15) is 0 Å². The fourth-order valence-electron chi connectivity index (χ4n) is 4.77. The lowest BCUT2D eigenvalue weighted by atomic mass is 10.0. The lowest BCUT2D eigenvalue weighted by Gasteiger charge is -2.10. The summed E-state index contributed by atoms with van der Waals surface area (Å²) in [4.78, 5) is 18.3. The average Bonchev–Trinajstić information content (AvgIpc) is 3.58. The van der Waals surface area contributed by atoms with Crippen LogP contribution < -0.4 is 5.69 Å². The number of hydrogen-bond donors (Lipinski definition) is 1. The van der Waals surface area contributed by atoms with Crippen molar-refractivity contribution in [2.45, 2.75) is 52.5 Å². The molecule has 0 aliphatic rings. The topological polar surface area (TPSA) is 94.3 Å². The third-order valence-corrected chi connectivity index (χ3v) is 6.66. The highest BCUT2D eigenvalue weighted by Gasteiger charge is 2.18. The Kier molecular flexibility index (Phi) is 7.53. The summed E-state index contributed by atoms with van der Waals surface area (Å²) in [5, 5.41) is 14.2. The molecule has 8 nitrogen and oxygen atoms in total. The van der Waals surface area contributed by atoms with Crippen LogP contribution >= 0.6 is 0 Å². The molecule has 0 atom stereocenters. The first kappa shape index (κ1) is 25.3. The summed E-state index contributed by atoms with van der Waals surface area (Å²) in [6.07, 6.45) is 7.81. The maximum atomic E-state index is 15.0. The monoisotopic (exact) mass is 511 g/mol. The minimum absolute atomic E-state index is 0.257. The van der Waals surface area contributed by atoms with Crippen LogP contribution in [0, 0.1) is 5.82 Å². The Bertz CT molecular complexity index is 1570. The fourth-order valence-corrected chi connectivity index (χ4v) is 4.77. The molecule has 0 aliphatic heterocycles. The number of imidazole rings is 1. The highest BCUT2D eigenvalue weighted by molar-refractivity contribution is 5.79. The number of aromatic nitrogens is 7. The van der Waals surface area contributed by atoms with Crippen LogP contribution in [-0.2, 0) is 19.4 Å². The van der Waals surface area contributed by atoms with Gasteiger partial charge >= 0.3 is 5.69 Å². The van der Waals surface area contributed by atoms with E-state index in [9.17, 15) is 4.79 Å². The first-order valence-corrected chi connectivity index (χ1v) is 13.0. The molecule has 0 amide bonds. The van der Waals surface area contributed by atoms with Gasteiger partial charge in [0.05, 0.1) is 17.9 Å². The van der Waals surface area contributed by atoms with Crippen molar-refractivity contribution in [3.63, 3.8) is 0 Å². The first-order chi connectivity index (χ1) is 18.6. The summed E-state index contributed by atoms with van der Waals surface area (Å²) < 4.78 is 18.2. The normalized spacial score (nSPS) is 11.2. The van der Waals surface area contributed by atoms with E-state index in [0.29, 0.717) is 24.5 Å². The van der Waals surface area contributed by atoms with E-state index in [-0.39, 0.29) is 11.5 Å². The molecular weight excluding hydrogens is 481 g/mol. The van der Waals surface area contributed by atoms with E-state index in [2.05, 4.69) is 32.5 Å². The Labute approximate surface area is 220 Å². The maximum absolute atomic E-state index is 15.0. The minimum atomic E-state index is -0.389. The van der Waals surface area contributed by atoms with Crippen molar-refractivity contribution < 1.29 is 4.39 Å². The van der Waals surface area contributed by atoms with Crippen LogP contribution in [0.5, 0.6) is 0 Å². The average molecular weight is 512 g/mol. The Balaban J connectivity index is 1.50. The molecule has 0 aliphatic carbocycles. The van der Waals surface area contributed by atoms with Crippen LogP contribution in [0.4, 0.5) is 4.39 Å². The molecule has 9 heteroatoms. The summed E-state index contributed by atoms with van der Waals surface area (Å²) >= 11 is 0. The Morgan fingerprint density at radius 3 is 2.50 bits per heavy atom. The van der Waals surface area contributed by atoms with Gasteiger partial charge in [-0.15, -0.1) is 5.10 Å². The van der Waals surface area contributed by atoms with Crippen molar-refractivity contribution in [1.29, 1.82) is 0 Å². The fraction of sp³-hybridized carbons (Fsp3) is 0.276. The molecular formula is C29H30FN7O. The van der Waals surface area contributed by atoms with E-state index in [4.69, 9.17) is 0 Å². The molecule has 0 saturated carbocycles. The zero-order valence-corrected chi connectivity index (χ0v) is 21.6. The van der Waals surface area contributed by atoms with Crippen molar-refractivity contribution >= 4 is 0 Å². The Morgan fingerprint density at radius 2 is 1.79 bits per heavy atom. The Morgan fingerprint density at radius 1 is 0.947 bits per heavy atom. The van der Waals surface area contributed by atoms with Crippen molar-refractivity contribution in [1.82, 2.24) is 34.7 Å². The summed E-state index contributed by atoms with van der Waals surface area (Å²) in [6.45, 7) is 4.46. The molecule has 0 unspecified atom stereocenters. The number of aryl methyl sites for hydroxylation is 2. The zero-order chi connectivity index (χ0) is 26.5. The number of aromatic amines is 1. The lowest BCUT2D eigenvalue weighted by Crippen LogP contribution is -2.26. The molecule has 0 saturated heterocycles. The predicted molar refractivity (Wildman–Crippen MR) is 145 cm³/mol. The zero-order valence-electron chi connectivity index (χ0n) is 21.6. The number of H-pyrrole nitrogens is 1. The van der Waals surface area contributed by atoms with E-state index in [1.807, 2.05) is 49.4 Å². The maximum Gasteiger partial charge on any atom is 0.333 e. The SMILES string of the molecule is CCCCc1cn(-c2c(F)cccc2CCC)c(=O)n1Cc1ccc(-c2ccccc2-c2nnn[nH]2)cn1. The molecule has 3 heterocycles. The molecule has 3 aromatic heterocycles. The molecule has 194 valence electrons. The molecule has 38 heavy (non-hydrogen) atoms. The number of unbranched alkanes of at least 4 members (excludes halogenated alkanes) is 1. The number of halogens is 1. The number of nitrogens with one attached hydrogen (secondary N) is 1. The van der Waals surface area contributed by atoms with Crippen LogP contribution in [0.25, 0.3) is 28.2 Å². The Hall–Kier alpha value is -4.40. The molecule has 5 rings (SSSR count). The van der Waals surface area contributed by atoms with E-state index in [0.717, 1.165) is 59.3 Å². The molecule has 1 N–H and O–H groups in total. The van der Waals surface area contributed by atoms with E-state index >= 15 is 4.39 Å². The van der Waals surface area contributed by atoms with Gasteiger partial charge in [-0.1, -0.05) is 69.2 Å². The summed E-state index contributed by atoms with van der Waals surface area (Å²) in [5.74, 6) is 0.189. The molecule has 0 radical (unpaired) electrons. The van der Waals surface area contributed by atoms with Gasteiger partial charge in [0.25, 0.3) is 0 Å². The van der Waals surface area contributed by atoms with Gasteiger partial charge in [0.15, 0.2) is 5.82 Å². The molecule has 0 spiro atoms. The number of rotatable bonds is 10. The largest absolute Gasteiger partial charge is 0.333 e. The number of hydrogen-bond acceptors (Lipinski definition) is 5. The van der Waals surface area contributed by atoms with Crippen molar-refractivity contribution in [2.24, 2.45) is 0 Å². The second kappa shape index (κ2) is 11.3. The van der Waals surface area contributed by atoms with Gasteiger partial charge in [-0.05, 0) is 52.9 Å². The van der Waals surface area contributed by atoms with Crippen LogP contribution in [0.15, 0.2) is 71.8 Å². The number of benzene rings is 2. The number of para-hydroxylation sites is 1. The number of nitrogens with zero attached hydrogens (tertiary/aromatic N) is 6. The van der Waals surface area contributed by atoms with Gasteiger partial charge in [0.1, 0.15) is 5.82 Å². The summed E-state index contributed by atoms with van der Waals surface area (Å²) in [5.41, 5.74) is 5.26. The van der Waals surface area contributed by atoms with E-state index in [1.165, 1.54) is 10.6 Å². The molecule has 0 bridgehead atoms. The van der Waals surface area contributed by atoms with Crippen molar-refractivity contribution in [3.8, 4) is 28.2 Å². The highest BCUT2D eigenvalue weighted by atomic mass is 19.1. The van der Waals surface area contributed by atoms with Crippen LogP contribution in [-0.4, -0.2) is 34.7 Å². The minimum Gasteiger partial charge on any atom is -0.290 e. The second-order valence-corrected chi connectivity index (χ2v) is 9.29. The number of tetrazole rings is 1. The van der Waals surface area contributed by atoms with Crippen LogP contribution in [0.3, 0.4) is 0 Å². The van der Waals surface area contributed by atoms with Gasteiger partial charge in [-0.25, -0.2) is 14.3 Å². The molecule has 2 aromatic carbocycles. The van der Waals surface area contributed by atoms with Gasteiger partial charge in [-0.3, -0.25) is 14.1 Å². The predicted octanol–water partition coefficient (Wildman–Crippen LogP) is 5.36. The van der Waals surface area contributed by atoms with E-state index < -0.39 is 0 Å². The third kappa shape index (κ3) is 5.04. The summed E-state index contributed by atoms with van der Waals surface area (Å²) in [7, 11) is 0. The van der Waals surface area contributed by atoms with Gasteiger partial charge < -0.3 is 0 Å². The van der Waals surface area contributed by atoms with E-state index in [1.54, 1.807) is 23.0 Å². The van der Waals surface area contributed by atoms with Gasteiger partial charge in [0.2, 0.25) is 0 Å². The van der Waals surface area contributed by atoms with Gasteiger partial charge in [0, 0.05) is 29.2 Å². The van der Waals surface area contributed by atoms with Crippen LogP contribution in [0.2, 0.25) is 0 Å². The lowest BCUT2D eigenvalue weighted by molar-refractivity contribution is 0.608. The molecule has 0 fully saturated rings. The van der Waals surface area contributed by atoms with Crippen molar-refractivity contribution in [2.75, 3.05) is 0 Å². The smallest absolute Gasteiger partial charge is 0.290 e. The standard InChI is InChI=1S/C29H30FN7O/c1-3-5-11-23-19-37(27-20(9-4-2)10-8-14-26(27)30)29(38)36(23)18-22-16-15-21(17-31-22)24-12-6-7-13-25(24)28-32-34-35-33-28/h6-8,10,12-17,19H,3-5,9,11,18H2,1-2H3,(H,32,33,34,35). The molecule has 5 aromatic rings. The summed E-state index contributed by atoms with van der Waals surface area (Å²) in [6, 6.07) is 16.7. The third-order valence-electron chi connectivity index (χ3n) is 6.66. The number of pyridine rings is 1. The highest BCUT2D eigenvalue weighted by Crippen LogP contribution is 2.29. The van der Waals surface area contributed by atoms with Crippen LogP contribution in [0.1, 0.15) is 50.1 Å². The second-order valence-electron chi connectivity index (χ2n) is 9.29. The quantitative estimate of drug-likeness (QED) is 0.272. The van der Waals surface area contributed by atoms with Crippen molar-refractivity contribution in [3.05, 3.63) is 100 Å². The first-order valence-electron chi connectivity index (χ1n) is 13.0.